The van der Waals surface area contributed by atoms with Crippen molar-refractivity contribution >= 4 is 22.9 Å². The summed E-state index contributed by atoms with van der Waals surface area (Å²) in [6.07, 6.45) is -4.19. The van der Waals surface area contributed by atoms with Crippen LogP contribution in [0, 0.1) is 0 Å². The first-order valence-electron chi connectivity index (χ1n) is 6.18. The summed E-state index contributed by atoms with van der Waals surface area (Å²) >= 11 is 7.19. The van der Waals surface area contributed by atoms with Crippen molar-refractivity contribution in [1.29, 1.82) is 0 Å². The fourth-order valence-corrected chi connectivity index (χ4v) is 2.92. The van der Waals surface area contributed by atoms with Crippen LogP contribution in [0.2, 0.25) is 5.02 Å². The molecule has 1 heterocycles. The maximum atomic E-state index is 12.6. The molecule has 0 aliphatic carbocycles. The van der Waals surface area contributed by atoms with Crippen LogP contribution in [0.4, 0.5) is 13.2 Å². The standard InChI is InChI=1S/C14H13ClF3NOS/c15-11-8-9(3-4-10(11)14(16,17)18)20-12(5-6-19)13-2-1-7-21-13/h1-4,7-8,12H,5-6,19H2. The number of thiophene rings is 1. The van der Waals surface area contributed by atoms with Crippen LogP contribution in [0.5, 0.6) is 5.75 Å². The van der Waals surface area contributed by atoms with Crippen molar-refractivity contribution in [3.8, 4) is 5.75 Å². The van der Waals surface area contributed by atoms with Crippen LogP contribution in [0.1, 0.15) is 23.0 Å². The Kier molecular flexibility index (Phi) is 5.13. The number of alkyl halides is 3. The molecule has 0 aliphatic heterocycles. The molecule has 7 heteroatoms. The molecule has 0 amide bonds. The van der Waals surface area contributed by atoms with E-state index in [1.54, 1.807) is 0 Å². The Labute approximate surface area is 129 Å². The van der Waals surface area contributed by atoms with E-state index >= 15 is 0 Å². The number of hydrogen-bond donors (Lipinski definition) is 1. The Bertz CT molecular complexity index is 586. The quantitative estimate of drug-likeness (QED) is 0.844. The molecule has 0 spiro atoms. The minimum atomic E-state index is -4.47. The highest BCUT2D eigenvalue weighted by molar-refractivity contribution is 7.10. The molecule has 0 radical (unpaired) electrons. The predicted octanol–water partition coefficient (Wildman–Crippen LogP) is 4.89. The van der Waals surface area contributed by atoms with Gasteiger partial charge in [-0.3, -0.25) is 0 Å². The lowest BCUT2D eigenvalue weighted by Gasteiger charge is -2.18. The first-order chi connectivity index (χ1) is 9.91. The Morgan fingerprint density at radius 2 is 2.05 bits per heavy atom. The van der Waals surface area contributed by atoms with E-state index < -0.39 is 11.7 Å². The van der Waals surface area contributed by atoms with Gasteiger partial charge in [-0.15, -0.1) is 11.3 Å². The number of hydrogen-bond acceptors (Lipinski definition) is 3. The fraction of sp³-hybridized carbons (Fsp3) is 0.286. The molecule has 0 saturated carbocycles. The average Bonchev–Trinajstić information content (AvgIpc) is 2.90. The minimum absolute atomic E-state index is 0.289. The number of ether oxygens (including phenoxy) is 1. The third-order valence-electron chi connectivity index (χ3n) is 2.81. The second-order valence-electron chi connectivity index (χ2n) is 4.34. The van der Waals surface area contributed by atoms with E-state index in [9.17, 15) is 13.2 Å². The van der Waals surface area contributed by atoms with Gasteiger partial charge < -0.3 is 10.5 Å². The summed E-state index contributed by atoms with van der Waals surface area (Å²) in [6, 6.07) is 7.15. The monoisotopic (exact) mass is 335 g/mol. The van der Waals surface area contributed by atoms with Gasteiger partial charge in [0.25, 0.3) is 0 Å². The van der Waals surface area contributed by atoms with Gasteiger partial charge in [-0.05, 0) is 36.2 Å². The maximum Gasteiger partial charge on any atom is 0.417 e. The minimum Gasteiger partial charge on any atom is -0.485 e. The van der Waals surface area contributed by atoms with Crippen molar-refractivity contribution in [3.63, 3.8) is 0 Å². The van der Waals surface area contributed by atoms with Gasteiger partial charge in [-0.2, -0.15) is 13.2 Å². The van der Waals surface area contributed by atoms with Crippen molar-refractivity contribution in [2.45, 2.75) is 18.7 Å². The summed E-state index contributed by atoms with van der Waals surface area (Å²) in [6.45, 7) is 0.414. The van der Waals surface area contributed by atoms with E-state index in [1.165, 1.54) is 23.5 Å². The maximum absolute atomic E-state index is 12.6. The molecule has 21 heavy (non-hydrogen) atoms. The van der Waals surface area contributed by atoms with Gasteiger partial charge in [0.2, 0.25) is 0 Å². The number of rotatable bonds is 5. The average molecular weight is 336 g/mol. The summed E-state index contributed by atoms with van der Waals surface area (Å²) in [5.74, 6) is 0.292. The second kappa shape index (κ2) is 6.68. The van der Waals surface area contributed by atoms with Crippen molar-refractivity contribution in [3.05, 3.63) is 51.2 Å². The smallest absolute Gasteiger partial charge is 0.417 e. The molecular formula is C14H13ClF3NOS. The van der Waals surface area contributed by atoms with Gasteiger partial charge >= 0.3 is 6.18 Å². The van der Waals surface area contributed by atoms with Gasteiger partial charge in [0.1, 0.15) is 11.9 Å². The molecule has 2 rings (SSSR count). The zero-order valence-electron chi connectivity index (χ0n) is 10.9. The molecule has 1 unspecified atom stereocenters. The third-order valence-corrected chi connectivity index (χ3v) is 4.09. The van der Waals surface area contributed by atoms with Crippen LogP contribution in [0.25, 0.3) is 0 Å². The highest BCUT2D eigenvalue weighted by Crippen LogP contribution is 2.37. The summed E-state index contributed by atoms with van der Waals surface area (Å²) in [7, 11) is 0. The largest absolute Gasteiger partial charge is 0.485 e. The third kappa shape index (κ3) is 4.12. The molecule has 2 nitrogen and oxygen atoms in total. The van der Waals surface area contributed by atoms with Gasteiger partial charge in [0.15, 0.2) is 0 Å². The Morgan fingerprint density at radius 1 is 1.29 bits per heavy atom. The molecule has 0 saturated heterocycles. The molecule has 0 bridgehead atoms. The highest BCUT2D eigenvalue weighted by Gasteiger charge is 2.33. The van der Waals surface area contributed by atoms with E-state index in [0.29, 0.717) is 18.7 Å². The predicted molar refractivity (Wildman–Crippen MR) is 77.8 cm³/mol. The number of halogens is 4. The molecule has 0 aliphatic rings. The van der Waals surface area contributed by atoms with E-state index in [-0.39, 0.29) is 11.1 Å². The molecule has 1 atom stereocenters. The van der Waals surface area contributed by atoms with Gasteiger partial charge in [0.05, 0.1) is 10.6 Å². The zero-order valence-corrected chi connectivity index (χ0v) is 12.4. The second-order valence-corrected chi connectivity index (χ2v) is 5.73. The van der Waals surface area contributed by atoms with Crippen LogP contribution in [-0.2, 0) is 6.18 Å². The van der Waals surface area contributed by atoms with E-state index in [0.717, 1.165) is 10.9 Å². The SMILES string of the molecule is NCCC(Oc1ccc(C(F)(F)F)c(Cl)c1)c1cccs1. The van der Waals surface area contributed by atoms with E-state index in [4.69, 9.17) is 22.1 Å². The first-order valence-corrected chi connectivity index (χ1v) is 7.44. The van der Waals surface area contributed by atoms with Crippen LogP contribution >= 0.6 is 22.9 Å². The summed E-state index contributed by atoms with van der Waals surface area (Å²) < 4.78 is 43.7. The van der Waals surface area contributed by atoms with Crippen LogP contribution in [0.3, 0.4) is 0 Å². The summed E-state index contributed by atoms with van der Waals surface area (Å²) in [5.41, 5.74) is 4.68. The fourth-order valence-electron chi connectivity index (χ4n) is 1.85. The zero-order chi connectivity index (χ0) is 15.5. The molecule has 2 aromatic rings. The topological polar surface area (TPSA) is 35.2 Å². The van der Waals surface area contributed by atoms with E-state index in [2.05, 4.69) is 0 Å². The van der Waals surface area contributed by atoms with Crippen molar-refractivity contribution in [2.75, 3.05) is 6.54 Å². The lowest BCUT2D eigenvalue weighted by atomic mass is 10.2. The van der Waals surface area contributed by atoms with Crippen molar-refractivity contribution in [1.82, 2.24) is 0 Å². The Morgan fingerprint density at radius 3 is 2.57 bits per heavy atom. The van der Waals surface area contributed by atoms with Crippen molar-refractivity contribution in [2.24, 2.45) is 5.73 Å². The van der Waals surface area contributed by atoms with E-state index in [1.807, 2.05) is 17.5 Å². The lowest BCUT2D eigenvalue weighted by molar-refractivity contribution is -0.137. The Balaban J connectivity index is 2.20. The Hall–Kier alpha value is -1.24. The number of benzene rings is 1. The molecule has 2 N–H and O–H groups in total. The summed E-state index contributed by atoms with van der Waals surface area (Å²) in [5, 5.41) is 1.53. The van der Waals surface area contributed by atoms with Gasteiger partial charge in [-0.25, -0.2) is 0 Å². The highest BCUT2D eigenvalue weighted by atomic mass is 35.5. The van der Waals surface area contributed by atoms with Gasteiger partial charge in [0, 0.05) is 11.3 Å². The normalized spacial score (nSPS) is 13.2. The van der Waals surface area contributed by atoms with Crippen LogP contribution in [-0.4, -0.2) is 6.54 Å². The van der Waals surface area contributed by atoms with Crippen LogP contribution in [0.15, 0.2) is 35.7 Å². The molecule has 1 aromatic carbocycles. The van der Waals surface area contributed by atoms with Gasteiger partial charge in [-0.1, -0.05) is 17.7 Å². The summed E-state index contributed by atoms with van der Waals surface area (Å²) in [4.78, 5) is 0.969. The number of nitrogens with two attached hydrogens (primary N) is 1. The molecular weight excluding hydrogens is 323 g/mol. The molecule has 114 valence electrons. The molecule has 0 fully saturated rings. The lowest BCUT2D eigenvalue weighted by Crippen LogP contribution is -2.12. The first kappa shape index (κ1) is 16.1. The van der Waals surface area contributed by atoms with Crippen molar-refractivity contribution < 1.29 is 17.9 Å². The molecule has 1 aromatic heterocycles. The van der Waals surface area contributed by atoms with Crippen LogP contribution < -0.4 is 10.5 Å².